The molecule has 1 atom stereocenters. The second-order valence-electron chi connectivity index (χ2n) is 3.02. The molecule has 2 N–H and O–H groups in total. The van der Waals surface area contributed by atoms with Crippen molar-refractivity contribution in [2.24, 2.45) is 5.92 Å². The first-order valence-corrected chi connectivity index (χ1v) is 4.04. The predicted molar refractivity (Wildman–Crippen MR) is 40.0 cm³/mol. The average Bonchev–Trinajstić information content (AvgIpc) is 2.50. The molecule has 0 radical (unpaired) electrons. The highest BCUT2D eigenvalue weighted by Gasteiger charge is 2.30. The van der Waals surface area contributed by atoms with Crippen molar-refractivity contribution < 1.29 is 18.0 Å². The van der Waals surface area contributed by atoms with Crippen LogP contribution in [0.3, 0.4) is 0 Å². The van der Waals surface area contributed by atoms with Crippen molar-refractivity contribution in [2.45, 2.75) is 12.6 Å². The van der Waals surface area contributed by atoms with E-state index in [1.165, 1.54) is 0 Å². The molecule has 1 aliphatic heterocycles. The maximum Gasteiger partial charge on any atom is 0.405 e. The third-order valence-electron chi connectivity index (χ3n) is 1.89. The van der Waals surface area contributed by atoms with Crippen molar-refractivity contribution in [3.05, 3.63) is 0 Å². The van der Waals surface area contributed by atoms with Crippen LogP contribution in [-0.2, 0) is 4.79 Å². The minimum absolute atomic E-state index is 0.303. The van der Waals surface area contributed by atoms with E-state index in [9.17, 15) is 18.0 Å². The molecule has 1 rings (SSSR count). The molecule has 0 saturated carbocycles. The molecule has 76 valence electrons. The zero-order chi connectivity index (χ0) is 9.90. The topological polar surface area (TPSA) is 41.1 Å². The summed E-state index contributed by atoms with van der Waals surface area (Å²) in [6.07, 6.45) is -3.70. The lowest BCUT2D eigenvalue weighted by atomic mass is 10.1. The van der Waals surface area contributed by atoms with Gasteiger partial charge in [0.05, 0.1) is 5.92 Å². The van der Waals surface area contributed by atoms with Crippen molar-refractivity contribution in [1.82, 2.24) is 10.6 Å². The standard InChI is InChI=1S/C7H11F3N2O/c8-7(9,10)4-12-6(13)5-1-2-11-3-5/h5,11H,1-4H2,(H,12,13). The molecule has 1 unspecified atom stereocenters. The molecule has 1 amide bonds. The Hall–Kier alpha value is -0.780. The van der Waals surface area contributed by atoms with Gasteiger partial charge in [0.2, 0.25) is 5.91 Å². The summed E-state index contributed by atoms with van der Waals surface area (Å²) in [4.78, 5) is 11.0. The van der Waals surface area contributed by atoms with Crippen LogP contribution in [0.15, 0.2) is 0 Å². The van der Waals surface area contributed by atoms with Crippen LogP contribution in [0.1, 0.15) is 6.42 Å². The van der Waals surface area contributed by atoms with E-state index in [1.54, 1.807) is 0 Å². The summed E-state index contributed by atoms with van der Waals surface area (Å²) in [5.74, 6) is -0.815. The number of rotatable bonds is 2. The van der Waals surface area contributed by atoms with Gasteiger partial charge in [-0.2, -0.15) is 13.2 Å². The summed E-state index contributed by atoms with van der Waals surface area (Å²) in [6.45, 7) is -0.0594. The third-order valence-corrected chi connectivity index (χ3v) is 1.89. The van der Waals surface area contributed by atoms with Crippen molar-refractivity contribution in [3.63, 3.8) is 0 Å². The van der Waals surface area contributed by atoms with E-state index in [0.29, 0.717) is 19.5 Å². The molecule has 13 heavy (non-hydrogen) atoms. The van der Waals surface area contributed by atoms with Crippen molar-refractivity contribution in [3.8, 4) is 0 Å². The molecular formula is C7H11F3N2O. The number of hydrogen-bond acceptors (Lipinski definition) is 2. The zero-order valence-corrected chi connectivity index (χ0v) is 6.95. The highest BCUT2D eigenvalue weighted by molar-refractivity contribution is 5.79. The van der Waals surface area contributed by atoms with E-state index in [-0.39, 0.29) is 5.92 Å². The lowest BCUT2D eigenvalue weighted by Crippen LogP contribution is -2.38. The minimum atomic E-state index is -4.32. The molecule has 0 aromatic carbocycles. The molecule has 0 bridgehead atoms. The molecule has 0 spiro atoms. The van der Waals surface area contributed by atoms with Gasteiger partial charge in [0.25, 0.3) is 0 Å². The van der Waals surface area contributed by atoms with E-state index in [2.05, 4.69) is 5.32 Å². The monoisotopic (exact) mass is 196 g/mol. The molecule has 0 aromatic rings. The summed E-state index contributed by atoms with van der Waals surface area (Å²) in [7, 11) is 0. The van der Waals surface area contributed by atoms with Gasteiger partial charge in [-0.25, -0.2) is 0 Å². The Labute approximate surface area is 73.7 Å². The average molecular weight is 196 g/mol. The number of hydrogen-bond donors (Lipinski definition) is 2. The number of nitrogens with one attached hydrogen (secondary N) is 2. The largest absolute Gasteiger partial charge is 0.405 e. The van der Waals surface area contributed by atoms with Gasteiger partial charge >= 0.3 is 6.18 Å². The molecular weight excluding hydrogens is 185 g/mol. The van der Waals surface area contributed by atoms with E-state index < -0.39 is 18.6 Å². The summed E-state index contributed by atoms with van der Waals surface area (Å²) in [6, 6.07) is 0. The van der Waals surface area contributed by atoms with Crippen molar-refractivity contribution >= 4 is 5.91 Å². The van der Waals surface area contributed by atoms with Crippen molar-refractivity contribution in [2.75, 3.05) is 19.6 Å². The van der Waals surface area contributed by atoms with Crippen LogP contribution in [0.5, 0.6) is 0 Å². The lowest BCUT2D eigenvalue weighted by molar-refractivity contribution is -0.140. The summed E-state index contributed by atoms with van der Waals surface area (Å²) >= 11 is 0. The fourth-order valence-corrected chi connectivity index (χ4v) is 1.21. The molecule has 1 fully saturated rings. The van der Waals surface area contributed by atoms with E-state index in [4.69, 9.17) is 0 Å². The Balaban J connectivity index is 2.25. The van der Waals surface area contributed by atoms with Crippen LogP contribution in [0.2, 0.25) is 0 Å². The van der Waals surface area contributed by atoms with Crippen LogP contribution in [0.4, 0.5) is 13.2 Å². The van der Waals surface area contributed by atoms with Gasteiger partial charge in [0.15, 0.2) is 0 Å². The predicted octanol–water partition coefficient (Wildman–Crippen LogP) is 0.274. The molecule has 0 aromatic heterocycles. The Bertz CT molecular complexity index is 187. The number of halogens is 3. The lowest BCUT2D eigenvalue weighted by Gasteiger charge is -2.11. The van der Waals surface area contributed by atoms with Gasteiger partial charge in [-0.1, -0.05) is 0 Å². The van der Waals surface area contributed by atoms with E-state index >= 15 is 0 Å². The van der Waals surface area contributed by atoms with Crippen LogP contribution >= 0.6 is 0 Å². The van der Waals surface area contributed by atoms with Gasteiger partial charge in [0, 0.05) is 6.54 Å². The maximum absolute atomic E-state index is 11.7. The minimum Gasteiger partial charge on any atom is -0.347 e. The van der Waals surface area contributed by atoms with Crippen LogP contribution < -0.4 is 10.6 Å². The van der Waals surface area contributed by atoms with Crippen molar-refractivity contribution in [1.29, 1.82) is 0 Å². The Kier molecular flexibility index (Phi) is 3.13. The number of carbonyl (C=O) groups excluding carboxylic acids is 1. The van der Waals surface area contributed by atoms with Gasteiger partial charge in [0.1, 0.15) is 6.54 Å². The van der Waals surface area contributed by atoms with Gasteiger partial charge < -0.3 is 10.6 Å². The second-order valence-corrected chi connectivity index (χ2v) is 3.02. The molecule has 0 aliphatic carbocycles. The molecule has 3 nitrogen and oxygen atoms in total. The smallest absolute Gasteiger partial charge is 0.347 e. The summed E-state index contributed by atoms with van der Waals surface area (Å²) < 4.78 is 35.0. The summed E-state index contributed by atoms with van der Waals surface area (Å²) in [5.41, 5.74) is 0. The van der Waals surface area contributed by atoms with Crippen LogP contribution in [0, 0.1) is 5.92 Å². The van der Waals surface area contributed by atoms with Gasteiger partial charge in [-0.3, -0.25) is 4.79 Å². The first kappa shape index (κ1) is 10.3. The van der Waals surface area contributed by atoms with Crippen LogP contribution in [-0.4, -0.2) is 31.7 Å². The number of amides is 1. The number of alkyl halides is 3. The maximum atomic E-state index is 11.7. The van der Waals surface area contributed by atoms with Crippen LogP contribution in [0.25, 0.3) is 0 Å². The highest BCUT2D eigenvalue weighted by Crippen LogP contribution is 2.13. The zero-order valence-electron chi connectivity index (χ0n) is 6.95. The fraction of sp³-hybridized carbons (Fsp3) is 0.857. The quantitative estimate of drug-likeness (QED) is 0.665. The molecule has 1 heterocycles. The Morgan fingerprint density at radius 1 is 1.54 bits per heavy atom. The Morgan fingerprint density at radius 3 is 2.69 bits per heavy atom. The summed E-state index contributed by atoms with van der Waals surface area (Å²) in [5, 5.41) is 4.77. The molecule has 1 saturated heterocycles. The SMILES string of the molecule is O=C(NCC(F)(F)F)C1CCNC1. The highest BCUT2D eigenvalue weighted by atomic mass is 19.4. The number of carbonyl (C=O) groups is 1. The normalized spacial score (nSPS) is 23.2. The first-order chi connectivity index (χ1) is 5.99. The van der Waals surface area contributed by atoms with Gasteiger partial charge in [-0.15, -0.1) is 0 Å². The first-order valence-electron chi connectivity index (χ1n) is 4.04. The third kappa shape index (κ3) is 3.63. The van der Waals surface area contributed by atoms with E-state index in [1.807, 2.05) is 5.32 Å². The Morgan fingerprint density at radius 2 is 2.23 bits per heavy atom. The molecule has 1 aliphatic rings. The van der Waals surface area contributed by atoms with E-state index in [0.717, 1.165) is 0 Å². The van der Waals surface area contributed by atoms with Gasteiger partial charge in [-0.05, 0) is 13.0 Å². The fourth-order valence-electron chi connectivity index (χ4n) is 1.21. The molecule has 6 heteroatoms. The second kappa shape index (κ2) is 3.95.